The molecular weight excluding hydrogens is 425 g/mol. The second-order valence-corrected chi connectivity index (χ2v) is 9.39. The number of hydrogen-bond donors (Lipinski definition) is 1. The summed E-state index contributed by atoms with van der Waals surface area (Å²) >= 11 is 1.42. The standard InChI is InChI=1S/C24H24FN5OS/c1-14-12-17(15(2)29(14)20-11-7-6-10-19(20)25)13-18-21(26)30-24(27-22(18)31)32-23(28-30)16-8-4-3-5-9-16/h6-7,10-13,16,26H,3-5,8-9H2,1-2H3/b18-13-,26-21?. The van der Waals surface area contributed by atoms with E-state index in [2.05, 4.69) is 10.1 Å². The Morgan fingerprint density at radius 2 is 1.94 bits per heavy atom. The first-order valence-corrected chi connectivity index (χ1v) is 11.7. The lowest BCUT2D eigenvalue weighted by Gasteiger charge is -2.20. The van der Waals surface area contributed by atoms with Crippen LogP contribution in [0.2, 0.25) is 0 Å². The zero-order valence-electron chi connectivity index (χ0n) is 18.1. The molecule has 0 spiro atoms. The van der Waals surface area contributed by atoms with E-state index in [-0.39, 0.29) is 17.2 Å². The highest BCUT2D eigenvalue weighted by Gasteiger charge is 2.38. The number of nitrogens with one attached hydrogen (secondary N) is 1. The van der Waals surface area contributed by atoms with Gasteiger partial charge in [-0.15, -0.1) is 0 Å². The summed E-state index contributed by atoms with van der Waals surface area (Å²) in [5.74, 6) is -0.335. The van der Waals surface area contributed by atoms with Crippen molar-refractivity contribution in [3.05, 3.63) is 58.7 Å². The fourth-order valence-electron chi connectivity index (χ4n) is 4.61. The number of carbonyl (C=O) groups excluding carboxylic acids is 1. The molecule has 32 heavy (non-hydrogen) atoms. The van der Waals surface area contributed by atoms with Crippen molar-refractivity contribution < 1.29 is 9.18 Å². The number of fused-ring (bicyclic) bond motifs is 1. The summed E-state index contributed by atoms with van der Waals surface area (Å²) in [4.78, 5) is 17.0. The Kier molecular flexibility index (Phi) is 5.33. The summed E-state index contributed by atoms with van der Waals surface area (Å²) in [6, 6.07) is 8.49. The molecule has 1 saturated carbocycles. The van der Waals surface area contributed by atoms with E-state index in [4.69, 9.17) is 5.41 Å². The second-order valence-electron chi connectivity index (χ2n) is 8.41. The number of aromatic nitrogens is 1. The van der Waals surface area contributed by atoms with Gasteiger partial charge in [0.25, 0.3) is 5.91 Å². The Bertz CT molecular complexity index is 1220. The summed E-state index contributed by atoms with van der Waals surface area (Å²) in [7, 11) is 0. The van der Waals surface area contributed by atoms with Crippen LogP contribution in [0.4, 0.5) is 4.39 Å². The lowest BCUT2D eigenvalue weighted by molar-refractivity contribution is -0.114. The average Bonchev–Trinajstić information content (AvgIpc) is 3.33. The minimum atomic E-state index is -0.440. The summed E-state index contributed by atoms with van der Waals surface area (Å²) in [6.45, 7) is 3.77. The summed E-state index contributed by atoms with van der Waals surface area (Å²) in [5, 5.41) is 16.2. The Morgan fingerprint density at radius 3 is 2.69 bits per heavy atom. The van der Waals surface area contributed by atoms with E-state index in [1.165, 1.54) is 42.1 Å². The molecule has 0 saturated heterocycles. The highest BCUT2D eigenvalue weighted by atomic mass is 32.2. The molecule has 0 bridgehead atoms. The van der Waals surface area contributed by atoms with Gasteiger partial charge in [0, 0.05) is 17.3 Å². The van der Waals surface area contributed by atoms with Gasteiger partial charge >= 0.3 is 0 Å². The van der Waals surface area contributed by atoms with E-state index in [0.717, 1.165) is 34.8 Å². The topological polar surface area (TPSA) is 73.8 Å². The van der Waals surface area contributed by atoms with Gasteiger partial charge < -0.3 is 4.57 Å². The van der Waals surface area contributed by atoms with Crippen molar-refractivity contribution in [1.29, 1.82) is 5.41 Å². The van der Waals surface area contributed by atoms with Gasteiger partial charge in [-0.25, -0.2) is 4.39 Å². The van der Waals surface area contributed by atoms with Gasteiger partial charge in [-0.3, -0.25) is 10.2 Å². The number of aliphatic imine (C=N–C) groups is 1. The SMILES string of the molecule is Cc1cc(/C=C2/C(=N)N3N=C(C4CCCCC4)SC3=NC2=O)c(C)n1-c1ccccc1F. The molecule has 1 aromatic heterocycles. The smallest absolute Gasteiger partial charge is 0.283 e. The number of hydrazone groups is 1. The molecule has 164 valence electrons. The zero-order chi connectivity index (χ0) is 22.4. The first-order valence-electron chi connectivity index (χ1n) is 10.9. The minimum Gasteiger partial charge on any atom is -0.315 e. The molecule has 5 rings (SSSR count). The van der Waals surface area contributed by atoms with E-state index >= 15 is 0 Å². The van der Waals surface area contributed by atoms with Gasteiger partial charge in [-0.05, 0) is 68.3 Å². The number of thioether (sulfide) groups is 1. The van der Waals surface area contributed by atoms with Crippen LogP contribution in [-0.2, 0) is 4.79 Å². The lowest BCUT2D eigenvalue weighted by Crippen LogP contribution is -2.35. The predicted octanol–water partition coefficient (Wildman–Crippen LogP) is 5.43. The molecule has 0 radical (unpaired) electrons. The van der Waals surface area contributed by atoms with Crippen molar-refractivity contribution in [2.75, 3.05) is 0 Å². The normalized spacial score (nSPS) is 20.6. The molecule has 2 aromatic rings. The van der Waals surface area contributed by atoms with Crippen LogP contribution in [0.3, 0.4) is 0 Å². The quantitative estimate of drug-likeness (QED) is 0.635. The fraction of sp³-hybridized carbons (Fsp3) is 0.333. The molecule has 3 heterocycles. The van der Waals surface area contributed by atoms with Crippen molar-refractivity contribution in [2.24, 2.45) is 16.0 Å². The minimum absolute atomic E-state index is 0.0361. The fourth-order valence-corrected chi connectivity index (χ4v) is 5.67. The van der Waals surface area contributed by atoms with Crippen LogP contribution in [0.1, 0.15) is 49.1 Å². The third-order valence-corrected chi connectivity index (χ3v) is 7.36. The molecule has 2 aliphatic heterocycles. The van der Waals surface area contributed by atoms with Crippen molar-refractivity contribution >= 4 is 39.8 Å². The van der Waals surface area contributed by atoms with E-state index in [9.17, 15) is 9.18 Å². The number of carbonyl (C=O) groups is 1. The number of nitrogens with zero attached hydrogens (tertiary/aromatic N) is 4. The third-order valence-electron chi connectivity index (χ3n) is 6.29. The first-order chi connectivity index (χ1) is 15.4. The number of amides is 1. The van der Waals surface area contributed by atoms with Crippen LogP contribution >= 0.6 is 11.8 Å². The molecule has 1 N–H and O–H groups in total. The van der Waals surface area contributed by atoms with Crippen molar-refractivity contribution in [3.8, 4) is 5.69 Å². The molecule has 1 aromatic carbocycles. The number of benzene rings is 1. The van der Waals surface area contributed by atoms with Gasteiger partial charge in [-0.2, -0.15) is 15.1 Å². The largest absolute Gasteiger partial charge is 0.315 e. The van der Waals surface area contributed by atoms with Crippen molar-refractivity contribution in [3.63, 3.8) is 0 Å². The van der Waals surface area contributed by atoms with Crippen LogP contribution in [0.25, 0.3) is 11.8 Å². The molecule has 3 aliphatic rings. The predicted molar refractivity (Wildman–Crippen MR) is 127 cm³/mol. The lowest BCUT2D eigenvalue weighted by atomic mass is 9.90. The molecule has 6 nitrogen and oxygen atoms in total. The maximum atomic E-state index is 14.4. The Morgan fingerprint density at radius 1 is 1.19 bits per heavy atom. The summed E-state index contributed by atoms with van der Waals surface area (Å²) in [5.41, 5.74) is 3.03. The maximum Gasteiger partial charge on any atom is 0.283 e. The summed E-state index contributed by atoms with van der Waals surface area (Å²) in [6.07, 6.45) is 7.50. The van der Waals surface area contributed by atoms with Crippen LogP contribution in [-0.4, -0.2) is 31.5 Å². The van der Waals surface area contributed by atoms with E-state index in [0.29, 0.717) is 16.8 Å². The van der Waals surface area contributed by atoms with Gasteiger partial charge in [-0.1, -0.05) is 31.4 Å². The van der Waals surface area contributed by atoms with E-state index < -0.39 is 5.91 Å². The number of rotatable bonds is 3. The maximum absolute atomic E-state index is 14.4. The second kappa shape index (κ2) is 8.16. The highest BCUT2D eigenvalue weighted by Crippen LogP contribution is 2.36. The molecule has 1 aliphatic carbocycles. The van der Waals surface area contributed by atoms with Crippen LogP contribution in [0, 0.1) is 31.0 Å². The third kappa shape index (κ3) is 3.52. The monoisotopic (exact) mass is 449 g/mol. The van der Waals surface area contributed by atoms with Gasteiger partial charge in [0.15, 0.2) is 5.84 Å². The average molecular weight is 450 g/mol. The van der Waals surface area contributed by atoms with Crippen molar-refractivity contribution in [2.45, 2.75) is 46.0 Å². The van der Waals surface area contributed by atoms with Crippen LogP contribution in [0.5, 0.6) is 0 Å². The molecule has 0 unspecified atom stereocenters. The number of para-hydroxylation sites is 1. The van der Waals surface area contributed by atoms with E-state index in [1.807, 2.05) is 24.5 Å². The van der Waals surface area contributed by atoms with Gasteiger partial charge in [0.2, 0.25) is 5.17 Å². The zero-order valence-corrected chi connectivity index (χ0v) is 18.9. The summed E-state index contributed by atoms with van der Waals surface area (Å²) < 4.78 is 16.2. The van der Waals surface area contributed by atoms with Crippen LogP contribution < -0.4 is 0 Å². The number of aryl methyl sites for hydroxylation is 1. The Hall–Kier alpha value is -3.00. The van der Waals surface area contributed by atoms with Gasteiger partial charge in [0.05, 0.1) is 11.3 Å². The molecular formula is C24H24FN5OS. The van der Waals surface area contributed by atoms with Gasteiger partial charge in [0.1, 0.15) is 10.9 Å². The first kappa shape index (κ1) is 20.9. The molecule has 1 amide bonds. The molecule has 8 heteroatoms. The Labute approximate surface area is 190 Å². The van der Waals surface area contributed by atoms with E-state index in [1.54, 1.807) is 24.3 Å². The molecule has 1 fully saturated rings. The highest BCUT2D eigenvalue weighted by molar-refractivity contribution is 8.27. The van der Waals surface area contributed by atoms with Crippen molar-refractivity contribution in [1.82, 2.24) is 9.58 Å². The molecule has 0 atom stereocenters. The van der Waals surface area contributed by atoms with Crippen LogP contribution in [0.15, 0.2) is 46.0 Å². The number of hydrogen-bond acceptors (Lipinski definition) is 4. The number of halogens is 1. The Balaban J connectivity index is 1.49. The number of amidine groups is 2.